The summed E-state index contributed by atoms with van der Waals surface area (Å²) in [7, 11) is 1.64. The van der Waals surface area contributed by atoms with Crippen LogP contribution >= 0.6 is 0 Å². The summed E-state index contributed by atoms with van der Waals surface area (Å²) in [6.07, 6.45) is 3.32. The summed E-state index contributed by atoms with van der Waals surface area (Å²) in [5.41, 5.74) is 1.46. The van der Waals surface area contributed by atoms with Gasteiger partial charge in [-0.2, -0.15) is 5.26 Å². The Bertz CT molecular complexity index is 437. The number of para-hydroxylation sites is 1. The number of hydrogen-bond donors (Lipinski definition) is 1. The maximum absolute atomic E-state index is 9.21. The van der Waals surface area contributed by atoms with Gasteiger partial charge in [0, 0.05) is 6.04 Å². The zero-order chi connectivity index (χ0) is 14.3. The zero-order valence-corrected chi connectivity index (χ0v) is 12.4. The largest absolute Gasteiger partial charge is 0.495 e. The first-order valence-electron chi connectivity index (χ1n) is 6.99. The molecule has 0 aromatic heterocycles. The second kappa shape index (κ2) is 7.68. The molecule has 104 valence electrons. The minimum Gasteiger partial charge on any atom is -0.495 e. The van der Waals surface area contributed by atoms with E-state index in [1.807, 2.05) is 18.2 Å². The maximum Gasteiger partial charge on any atom is 0.143 e. The number of anilines is 1. The highest BCUT2D eigenvalue weighted by Gasteiger charge is 2.15. The molecule has 0 aliphatic carbocycles. The predicted molar refractivity (Wildman–Crippen MR) is 79.5 cm³/mol. The van der Waals surface area contributed by atoms with Crippen LogP contribution in [0.2, 0.25) is 0 Å². The Morgan fingerprint density at radius 1 is 1.32 bits per heavy atom. The average molecular weight is 260 g/mol. The highest BCUT2D eigenvalue weighted by molar-refractivity contribution is 5.66. The van der Waals surface area contributed by atoms with E-state index in [0.717, 1.165) is 24.3 Å². The van der Waals surface area contributed by atoms with Crippen LogP contribution in [0.25, 0.3) is 0 Å². The summed E-state index contributed by atoms with van der Waals surface area (Å²) in [5, 5.41) is 12.7. The van der Waals surface area contributed by atoms with Crippen LogP contribution in [0.3, 0.4) is 0 Å². The lowest BCUT2D eigenvalue weighted by Gasteiger charge is -2.23. The summed E-state index contributed by atoms with van der Waals surface area (Å²) in [6, 6.07) is 8.15. The standard InChI is InChI=1S/C16H24N2O/c1-5-12(3)10-14(6-2)18-16-13(11-17)8-7-9-15(16)19-4/h7-9,12,14,18H,5-6,10H2,1-4H3. The summed E-state index contributed by atoms with van der Waals surface area (Å²) in [5.74, 6) is 1.42. The van der Waals surface area contributed by atoms with Gasteiger partial charge < -0.3 is 10.1 Å². The third-order valence-corrected chi connectivity index (χ3v) is 3.59. The van der Waals surface area contributed by atoms with Crippen molar-refractivity contribution in [3.8, 4) is 11.8 Å². The molecule has 3 heteroatoms. The lowest BCUT2D eigenvalue weighted by molar-refractivity contribution is 0.413. The van der Waals surface area contributed by atoms with E-state index in [9.17, 15) is 5.26 Å². The number of nitrogens with zero attached hydrogens (tertiary/aromatic N) is 1. The fourth-order valence-corrected chi connectivity index (χ4v) is 2.13. The first kappa shape index (κ1) is 15.4. The SMILES string of the molecule is CCC(C)CC(CC)Nc1c(C#N)cccc1OC. The molecular formula is C16H24N2O. The molecule has 0 saturated heterocycles. The highest BCUT2D eigenvalue weighted by Crippen LogP contribution is 2.30. The summed E-state index contributed by atoms with van der Waals surface area (Å²) in [4.78, 5) is 0. The van der Waals surface area contributed by atoms with Crippen molar-refractivity contribution in [2.45, 2.75) is 46.1 Å². The van der Waals surface area contributed by atoms with Gasteiger partial charge in [0.1, 0.15) is 11.8 Å². The number of methoxy groups -OCH3 is 1. The fraction of sp³-hybridized carbons (Fsp3) is 0.562. The van der Waals surface area contributed by atoms with Crippen molar-refractivity contribution in [2.24, 2.45) is 5.92 Å². The lowest BCUT2D eigenvalue weighted by atomic mass is 9.97. The smallest absolute Gasteiger partial charge is 0.143 e. The lowest BCUT2D eigenvalue weighted by Crippen LogP contribution is -2.22. The number of benzene rings is 1. The molecule has 0 radical (unpaired) electrons. The van der Waals surface area contributed by atoms with Crippen molar-refractivity contribution in [1.82, 2.24) is 0 Å². The number of rotatable bonds is 7. The number of nitriles is 1. The Kier molecular flexibility index (Phi) is 6.21. The van der Waals surface area contributed by atoms with Gasteiger partial charge in [0.15, 0.2) is 0 Å². The van der Waals surface area contributed by atoms with Crippen LogP contribution in [0.4, 0.5) is 5.69 Å². The molecule has 1 N–H and O–H groups in total. The van der Waals surface area contributed by atoms with Crippen LogP contribution in [-0.2, 0) is 0 Å². The first-order valence-corrected chi connectivity index (χ1v) is 6.99. The molecule has 1 aromatic rings. The molecular weight excluding hydrogens is 236 g/mol. The number of nitrogens with one attached hydrogen (secondary N) is 1. The van der Waals surface area contributed by atoms with Crippen molar-refractivity contribution in [2.75, 3.05) is 12.4 Å². The van der Waals surface area contributed by atoms with Crippen LogP contribution in [0.15, 0.2) is 18.2 Å². The van der Waals surface area contributed by atoms with Gasteiger partial charge in [-0.25, -0.2) is 0 Å². The Hall–Kier alpha value is -1.69. The average Bonchev–Trinajstić information content (AvgIpc) is 2.46. The quantitative estimate of drug-likeness (QED) is 0.799. The number of ether oxygens (including phenoxy) is 1. The second-order valence-corrected chi connectivity index (χ2v) is 4.99. The van der Waals surface area contributed by atoms with E-state index in [0.29, 0.717) is 17.5 Å². The van der Waals surface area contributed by atoms with Gasteiger partial charge in [0.25, 0.3) is 0 Å². The van der Waals surface area contributed by atoms with Crippen molar-refractivity contribution >= 4 is 5.69 Å². The van der Waals surface area contributed by atoms with E-state index < -0.39 is 0 Å². The Labute approximate surface area is 116 Å². The molecule has 0 aliphatic rings. The highest BCUT2D eigenvalue weighted by atomic mass is 16.5. The minimum atomic E-state index is 0.373. The maximum atomic E-state index is 9.21. The summed E-state index contributed by atoms with van der Waals surface area (Å²) in [6.45, 7) is 6.64. The summed E-state index contributed by atoms with van der Waals surface area (Å²) >= 11 is 0. The van der Waals surface area contributed by atoms with E-state index >= 15 is 0 Å². The molecule has 0 bridgehead atoms. The van der Waals surface area contributed by atoms with Gasteiger partial charge in [-0.05, 0) is 30.9 Å². The third-order valence-electron chi connectivity index (χ3n) is 3.59. The molecule has 0 fully saturated rings. The summed E-state index contributed by atoms with van der Waals surface area (Å²) < 4.78 is 5.35. The zero-order valence-electron chi connectivity index (χ0n) is 12.4. The topological polar surface area (TPSA) is 45.0 Å². The third kappa shape index (κ3) is 4.17. The molecule has 0 amide bonds. The van der Waals surface area contributed by atoms with Gasteiger partial charge in [-0.3, -0.25) is 0 Å². The predicted octanol–water partition coefficient (Wildman–Crippen LogP) is 4.19. The molecule has 0 saturated carbocycles. The van der Waals surface area contributed by atoms with Crippen molar-refractivity contribution < 1.29 is 4.74 Å². The Morgan fingerprint density at radius 3 is 2.58 bits per heavy atom. The van der Waals surface area contributed by atoms with E-state index in [2.05, 4.69) is 32.2 Å². The van der Waals surface area contributed by atoms with Gasteiger partial charge in [0.05, 0.1) is 18.4 Å². The molecule has 3 nitrogen and oxygen atoms in total. The minimum absolute atomic E-state index is 0.373. The fourth-order valence-electron chi connectivity index (χ4n) is 2.13. The molecule has 2 unspecified atom stereocenters. The van der Waals surface area contributed by atoms with E-state index in [-0.39, 0.29) is 0 Å². The molecule has 1 aromatic carbocycles. The van der Waals surface area contributed by atoms with Crippen molar-refractivity contribution in [3.05, 3.63) is 23.8 Å². The Morgan fingerprint density at radius 2 is 2.05 bits per heavy atom. The van der Waals surface area contributed by atoms with Crippen LogP contribution in [0.5, 0.6) is 5.75 Å². The van der Waals surface area contributed by atoms with Crippen LogP contribution in [0, 0.1) is 17.2 Å². The van der Waals surface area contributed by atoms with E-state index in [1.165, 1.54) is 6.42 Å². The molecule has 0 spiro atoms. The molecule has 0 heterocycles. The molecule has 2 atom stereocenters. The van der Waals surface area contributed by atoms with Crippen LogP contribution < -0.4 is 10.1 Å². The van der Waals surface area contributed by atoms with Crippen molar-refractivity contribution in [1.29, 1.82) is 5.26 Å². The number of hydrogen-bond acceptors (Lipinski definition) is 3. The van der Waals surface area contributed by atoms with Gasteiger partial charge >= 0.3 is 0 Å². The molecule has 0 aliphatic heterocycles. The van der Waals surface area contributed by atoms with E-state index in [4.69, 9.17) is 4.74 Å². The Balaban J connectivity index is 2.93. The first-order chi connectivity index (χ1) is 9.15. The van der Waals surface area contributed by atoms with E-state index in [1.54, 1.807) is 7.11 Å². The van der Waals surface area contributed by atoms with Crippen LogP contribution in [0.1, 0.15) is 45.6 Å². The van der Waals surface area contributed by atoms with Crippen LogP contribution in [-0.4, -0.2) is 13.2 Å². The molecule has 1 rings (SSSR count). The molecule has 19 heavy (non-hydrogen) atoms. The normalized spacial score (nSPS) is 13.4. The van der Waals surface area contributed by atoms with Crippen molar-refractivity contribution in [3.63, 3.8) is 0 Å². The van der Waals surface area contributed by atoms with Gasteiger partial charge in [-0.15, -0.1) is 0 Å². The van der Waals surface area contributed by atoms with Gasteiger partial charge in [-0.1, -0.05) is 33.3 Å². The second-order valence-electron chi connectivity index (χ2n) is 4.99. The monoisotopic (exact) mass is 260 g/mol. The van der Waals surface area contributed by atoms with Gasteiger partial charge in [0.2, 0.25) is 0 Å².